The monoisotopic (exact) mass is 398 g/mol. The number of aryl methyl sites for hydroxylation is 1. The summed E-state index contributed by atoms with van der Waals surface area (Å²) in [6, 6.07) is 10.8. The lowest BCUT2D eigenvalue weighted by Crippen LogP contribution is -2.36. The first-order valence-electron chi connectivity index (χ1n) is 10.4. The van der Waals surface area contributed by atoms with E-state index in [1.54, 1.807) is 0 Å². The van der Waals surface area contributed by atoms with Crippen LogP contribution in [0.15, 0.2) is 73.4 Å². The first kappa shape index (κ1) is 18.7. The van der Waals surface area contributed by atoms with E-state index in [0.717, 1.165) is 66.4 Å². The molecule has 0 bridgehead atoms. The Morgan fingerprint density at radius 2 is 2.07 bits per heavy atom. The second-order valence-electron chi connectivity index (χ2n) is 7.92. The molecule has 1 aromatic carbocycles. The number of morpholine rings is 1. The molecular weight excluding hydrogens is 372 g/mol. The molecule has 0 aliphatic carbocycles. The number of benzene rings is 1. The maximum Gasteiger partial charge on any atom is 0.138 e. The summed E-state index contributed by atoms with van der Waals surface area (Å²) in [6.07, 6.45) is 10.4. The first-order valence-corrected chi connectivity index (χ1v) is 10.4. The maximum atomic E-state index is 5.48. The van der Waals surface area contributed by atoms with Gasteiger partial charge in [0.1, 0.15) is 5.65 Å². The molecule has 30 heavy (non-hydrogen) atoms. The third-order valence-corrected chi connectivity index (χ3v) is 5.76. The highest BCUT2D eigenvalue weighted by Gasteiger charge is 2.17. The van der Waals surface area contributed by atoms with Crippen LogP contribution in [0, 0.1) is 6.92 Å². The predicted octanol–water partition coefficient (Wildman–Crippen LogP) is 4.63. The second-order valence-corrected chi connectivity index (χ2v) is 7.92. The molecule has 3 aromatic rings. The van der Waals surface area contributed by atoms with Crippen LogP contribution in [0.3, 0.4) is 0 Å². The van der Waals surface area contributed by atoms with Gasteiger partial charge in [0, 0.05) is 48.7 Å². The van der Waals surface area contributed by atoms with Gasteiger partial charge in [0.2, 0.25) is 0 Å². The van der Waals surface area contributed by atoms with Gasteiger partial charge in [0.25, 0.3) is 0 Å². The smallest absolute Gasteiger partial charge is 0.138 e. The summed E-state index contributed by atoms with van der Waals surface area (Å²) < 4.78 is 5.48. The van der Waals surface area contributed by atoms with E-state index in [-0.39, 0.29) is 0 Å². The Balaban J connectivity index is 1.40. The van der Waals surface area contributed by atoms with E-state index < -0.39 is 0 Å². The van der Waals surface area contributed by atoms with Gasteiger partial charge in [-0.25, -0.2) is 4.98 Å². The number of allylic oxidation sites excluding steroid dienone is 3. The zero-order valence-corrected chi connectivity index (χ0v) is 17.3. The SMILES string of the molecule is C=C1C=C(c2c[nH]c3ncc(N4CCOCC4)cc23)C=CN1Cc1cccc(C)c1. The highest BCUT2D eigenvalue weighted by Crippen LogP contribution is 2.32. The van der Waals surface area contributed by atoms with Gasteiger partial charge in [-0.3, -0.25) is 0 Å². The van der Waals surface area contributed by atoms with Crippen molar-refractivity contribution in [3.8, 4) is 0 Å². The minimum absolute atomic E-state index is 0.766. The number of aromatic amines is 1. The Hall–Kier alpha value is -3.31. The summed E-state index contributed by atoms with van der Waals surface area (Å²) in [5.74, 6) is 0. The Labute approximate surface area is 177 Å². The van der Waals surface area contributed by atoms with Crippen molar-refractivity contribution in [3.05, 3.63) is 90.0 Å². The summed E-state index contributed by atoms with van der Waals surface area (Å²) in [4.78, 5) is 12.5. The maximum absolute atomic E-state index is 5.48. The minimum Gasteiger partial charge on any atom is -0.378 e. The molecule has 4 heterocycles. The van der Waals surface area contributed by atoms with Crippen molar-refractivity contribution in [1.29, 1.82) is 0 Å². The van der Waals surface area contributed by atoms with E-state index in [1.165, 1.54) is 11.1 Å². The van der Waals surface area contributed by atoms with E-state index >= 15 is 0 Å². The summed E-state index contributed by atoms with van der Waals surface area (Å²) in [6.45, 7) is 10.6. The molecule has 0 radical (unpaired) electrons. The van der Waals surface area contributed by atoms with Crippen molar-refractivity contribution in [1.82, 2.24) is 14.9 Å². The molecule has 1 N–H and O–H groups in total. The number of aromatic nitrogens is 2. The summed E-state index contributed by atoms with van der Waals surface area (Å²) in [7, 11) is 0. The fraction of sp³-hybridized carbons (Fsp3) is 0.240. The van der Waals surface area contributed by atoms with Crippen molar-refractivity contribution in [3.63, 3.8) is 0 Å². The van der Waals surface area contributed by atoms with Crippen molar-refractivity contribution in [2.75, 3.05) is 31.2 Å². The Kier molecular flexibility index (Phi) is 4.89. The number of hydrogen-bond acceptors (Lipinski definition) is 4. The van der Waals surface area contributed by atoms with Crippen LogP contribution in [0.1, 0.15) is 16.7 Å². The number of rotatable bonds is 4. The van der Waals surface area contributed by atoms with Crippen LogP contribution in [0.25, 0.3) is 16.6 Å². The topological polar surface area (TPSA) is 44.4 Å². The summed E-state index contributed by atoms with van der Waals surface area (Å²) in [5.41, 5.74) is 7.89. The fourth-order valence-electron chi connectivity index (χ4n) is 4.13. The summed E-state index contributed by atoms with van der Waals surface area (Å²) >= 11 is 0. The number of nitrogens with one attached hydrogen (secondary N) is 1. The van der Waals surface area contributed by atoms with Gasteiger partial charge in [0.05, 0.1) is 25.1 Å². The molecule has 5 nitrogen and oxygen atoms in total. The lowest BCUT2D eigenvalue weighted by molar-refractivity contribution is 0.122. The second kappa shape index (κ2) is 7.84. The average molecular weight is 399 g/mol. The normalized spacial score (nSPS) is 17.0. The summed E-state index contributed by atoms with van der Waals surface area (Å²) in [5, 5.41) is 1.13. The number of hydrogen-bond donors (Lipinski definition) is 1. The molecule has 1 fully saturated rings. The zero-order valence-electron chi connectivity index (χ0n) is 17.3. The molecule has 0 atom stereocenters. The van der Waals surface area contributed by atoms with Crippen molar-refractivity contribution < 1.29 is 4.74 Å². The predicted molar refractivity (Wildman–Crippen MR) is 122 cm³/mol. The molecule has 0 spiro atoms. The molecular formula is C25H26N4O. The molecule has 152 valence electrons. The van der Waals surface area contributed by atoms with Gasteiger partial charge in [-0.1, -0.05) is 36.4 Å². The largest absolute Gasteiger partial charge is 0.378 e. The Morgan fingerprint density at radius 1 is 1.20 bits per heavy atom. The third-order valence-electron chi connectivity index (χ3n) is 5.76. The highest BCUT2D eigenvalue weighted by atomic mass is 16.5. The molecule has 5 heteroatoms. The van der Waals surface area contributed by atoms with Gasteiger partial charge in [0.15, 0.2) is 0 Å². The molecule has 0 saturated carbocycles. The molecule has 2 aliphatic rings. The highest BCUT2D eigenvalue weighted by molar-refractivity contribution is 5.95. The number of nitrogens with zero attached hydrogens (tertiary/aromatic N) is 3. The molecule has 1 saturated heterocycles. The van der Waals surface area contributed by atoms with Gasteiger partial charge < -0.3 is 19.5 Å². The molecule has 2 aromatic heterocycles. The van der Waals surface area contributed by atoms with E-state index in [4.69, 9.17) is 4.74 Å². The quantitative estimate of drug-likeness (QED) is 0.696. The minimum atomic E-state index is 0.766. The van der Waals surface area contributed by atoms with Crippen LogP contribution >= 0.6 is 0 Å². The number of fused-ring (bicyclic) bond motifs is 1. The first-order chi connectivity index (χ1) is 14.7. The van der Waals surface area contributed by atoms with Crippen molar-refractivity contribution in [2.45, 2.75) is 13.5 Å². The Morgan fingerprint density at radius 3 is 2.87 bits per heavy atom. The molecule has 2 aliphatic heterocycles. The van der Waals surface area contributed by atoms with Gasteiger partial charge in [-0.2, -0.15) is 0 Å². The van der Waals surface area contributed by atoms with Gasteiger partial charge in [-0.15, -0.1) is 0 Å². The average Bonchev–Trinajstić information content (AvgIpc) is 3.19. The third kappa shape index (κ3) is 3.64. The lowest BCUT2D eigenvalue weighted by atomic mass is 10.0. The van der Waals surface area contributed by atoms with Crippen LogP contribution in [-0.4, -0.2) is 41.2 Å². The van der Waals surface area contributed by atoms with E-state index in [0.29, 0.717) is 0 Å². The van der Waals surface area contributed by atoms with Crippen LogP contribution in [0.2, 0.25) is 0 Å². The van der Waals surface area contributed by atoms with Crippen molar-refractivity contribution in [2.24, 2.45) is 0 Å². The van der Waals surface area contributed by atoms with E-state index in [2.05, 4.69) is 82.0 Å². The zero-order chi connectivity index (χ0) is 20.5. The van der Waals surface area contributed by atoms with Crippen LogP contribution in [0.5, 0.6) is 0 Å². The van der Waals surface area contributed by atoms with Crippen LogP contribution < -0.4 is 4.90 Å². The number of H-pyrrole nitrogens is 1. The number of anilines is 1. The van der Waals surface area contributed by atoms with Crippen molar-refractivity contribution >= 4 is 22.3 Å². The lowest BCUT2D eigenvalue weighted by Gasteiger charge is -2.28. The number of pyridine rings is 1. The molecule has 0 amide bonds. The fourth-order valence-corrected chi connectivity index (χ4v) is 4.13. The molecule has 5 rings (SSSR count). The number of ether oxygens (including phenoxy) is 1. The van der Waals surface area contributed by atoms with E-state index in [9.17, 15) is 0 Å². The molecule has 0 unspecified atom stereocenters. The van der Waals surface area contributed by atoms with Gasteiger partial charge in [-0.05, 0) is 36.3 Å². The van der Waals surface area contributed by atoms with Crippen LogP contribution in [0.4, 0.5) is 5.69 Å². The van der Waals surface area contributed by atoms with E-state index in [1.807, 2.05) is 12.4 Å². The standard InChI is InChI=1S/C25H26N4O/c1-18-4-3-5-20(12-18)17-29-7-6-21(13-19(29)2)24-16-27-25-23(24)14-22(15-26-25)28-8-10-30-11-9-28/h3-7,12-16H,2,8-11,17H2,1H3,(H,26,27). The Bertz CT molecular complexity index is 1150. The van der Waals surface area contributed by atoms with Gasteiger partial charge >= 0.3 is 0 Å². The van der Waals surface area contributed by atoms with Crippen LogP contribution in [-0.2, 0) is 11.3 Å².